The molecule has 25 heavy (non-hydrogen) atoms. The van der Waals surface area contributed by atoms with Crippen molar-refractivity contribution in [1.29, 1.82) is 5.26 Å². The number of carbonyl (C=O) groups excluding carboxylic acids is 2. The number of carbonyl (C=O) groups is 2. The molecular formula is C18H17N3O3S. The summed E-state index contributed by atoms with van der Waals surface area (Å²) in [5, 5.41) is 9.26. The van der Waals surface area contributed by atoms with E-state index >= 15 is 0 Å². The van der Waals surface area contributed by atoms with Crippen molar-refractivity contribution in [2.24, 2.45) is 0 Å². The maximum absolute atomic E-state index is 12.6. The van der Waals surface area contributed by atoms with E-state index in [1.807, 2.05) is 26.0 Å². The van der Waals surface area contributed by atoms with Crippen LogP contribution in [0.4, 0.5) is 0 Å². The minimum absolute atomic E-state index is 0.00756. The van der Waals surface area contributed by atoms with Crippen molar-refractivity contribution in [3.63, 3.8) is 0 Å². The fraction of sp³-hybridized carbons (Fsp3) is 0.333. The Morgan fingerprint density at radius 3 is 2.68 bits per heavy atom. The van der Waals surface area contributed by atoms with Crippen LogP contribution in [0.1, 0.15) is 44.4 Å². The standard InChI is InChI=1S/C18H17N3O3S/c1-5-21-17(22)12(10(4)13(8-19)18(21)23)6-11-7-14-16(25-11)20-15(24-14)9(2)3/h6-7,9H,5H2,1-4H3/b12-6-. The van der Waals surface area contributed by atoms with Crippen LogP contribution in [-0.4, -0.2) is 28.2 Å². The van der Waals surface area contributed by atoms with Gasteiger partial charge in [-0.3, -0.25) is 14.5 Å². The second kappa shape index (κ2) is 6.30. The molecule has 3 heterocycles. The van der Waals surface area contributed by atoms with E-state index in [-0.39, 0.29) is 23.9 Å². The number of imide groups is 1. The molecule has 6 nitrogen and oxygen atoms in total. The zero-order valence-corrected chi connectivity index (χ0v) is 15.2. The normalized spacial score (nSPS) is 17.3. The summed E-state index contributed by atoms with van der Waals surface area (Å²) in [5.74, 6) is -0.0358. The molecule has 0 aliphatic carbocycles. The number of rotatable bonds is 3. The van der Waals surface area contributed by atoms with Crippen molar-refractivity contribution < 1.29 is 14.0 Å². The smallest absolute Gasteiger partial charge is 0.271 e. The molecule has 0 saturated carbocycles. The highest BCUT2D eigenvalue weighted by Crippen LogP contribution is 2.32. The molecule has 0 atom stereocenters. The third-order valence-corrected chi connectivity index (χ3v) is 5.00. The predicted octanol–water partition coefficient (Wildman–Crippen LogP) is 3.62. The summed E-state index contributed by atoms with van der Waals surface area (Å²) in [6.07, 6.45) is 1.70. The van der Waals surface area contributed by atoms with Gasteiger partial charge in [0.15, 0.2) is 16.3 Å². The summed E-state index contributed by atoms with van der Waals surface area (Å²) in [5.41, 5.74) is 1.44. The first-order chi connectivity index (χ1) is 11.9. The van der Waals surface area contributed by atoms with Crippen LogP contribution in [0.3, 0.4) is 0 Å². The van der Waals surface area contributed by atoms with Gasteiger partial charge in [0.05, 0.1) is 0 Å². The number of nitriles is 1. The number of likely N-dealkylation sites (N-methyl/N-ethyl adjacent to an activating group) is 1. The van der Waals surface area contributed by atoms with Crippen LogP contribution < -0.4 is 0 Å². The fourth-order valence-electron chi connectivity index (χ4n) is 2.65. The molecule has 2 aromatic heterocycles. The Balaban J connectivity index is 2.08. The molecular weight excluding hydrogens is 338 g/mol. The molecule has 0 saturated heterocycles. The monoisotopic (exact) mass is 355 g/mol. The molecule has 0 N–H and O–H groups in total. The lowest BCUT2D eigenvalue weighted by atomic mass is 9.95. The highest BCUT2D eigenvalue weighted by atomic mass is 32.1. The van der Waals surface area contributed by atoms with Gasteiger partial charge < -0.3 is 4.42 Å². The largest absolute Gasteiger partial charge is 0.439 e. The van der Waals surface area contributed by atoms with Gasteiger partial charge in [-0.25, -0.2) is 4.98 Å². The number of amides is 2. The summed E-state index contributed by atoms with van der Waals surface area (Å²) in [4.78, 5) is 31.9. The summed E-state index contributed by atoms with van der Waals surface area (Å²) in [7, 11) is 0. The van der Waals surface area contributed by atoms with Gasteiger partial charge in [0, 0.05) is 29.0 Å². The van der Waals surface area contributed by atoms with Crippen LogP contribution in [0.15, 0.2) is 27.2 Å². The number of fused-ring (bicyclic) bond motifs is 1. The maximum atomic E-state index is 12.6. The SMILES string of the molecule is CCN1C(=O)C(C#N)=C(C)/C(=C/c2cc3oc(C(C)C)nc3s2)C1=O. The Morgan fingerprint density at radius 2 is 2.12 bits per heavy atom. The van der Waals surface area contributed by atoms with Crippen LogP contribution in [0, 0.1) is 11.3 Å². The van der Waals surface area contributed by atoms with Gasteiger partial charge in [0.1, 0.15) is 11.6 Å². The number of hydrogen-bond acceptors (Lipinski definition) is 6. The zero-order valence-electron chi connectivity index (χ0n) is 14.4. The molecule has 128 valence electrons. The Kier molecular flexibility index (Phi) is 4.31. The van der Waals surface area contributed by atoms with Crippen molar-refractivity contribution in [2.75, 3.05) is 6.54 Å². The van der Waals surface area contributed by atoms with Gasteiger partial charge >= 0.3 is 0 Å². The molecule has 0 fully saturated rings. The first-order valence-corrected chi connectivity index (χ1v) is 8.78. The van der Waals surface area contributed by atoms with E-state index in [1.165, 1.54) is 11.3 Å². The van der Waals surface area contributed by atoms with Gasteiger partial charge in [-0.2, -0.15) is 5.26 Å². The van der Waals surface area contributed by atoms with Crippen LogP contribution >= 0.6 is 11.3 Å². The second-order valence-corrected chi connectivity index (χ2v) is 7.11. The first-order valence-electron chi connectivity index (χ1n) is 7.96. The average molecular weight is 355 g/mol. The van der Waals surface area contributed by atoms with Crippen molar-refractivity contribution in [1.82, 2.24) is 9.88 Å². The van der Waals surface area contributed by atoms with Crippen molar-refractivity contribution >= 4 is 39.6 Å². The summed E-state index contributed by atoms with van der Waals surface area (Å²) >= 11 is 1.41. The minimum Gasteiger partial charge on any atom is -0.439 e. The van der Waals surface area contributed by atoms with Crippen LogP contribution in [0.25, 0.3) is 16.5 Å². The fourth-order valence-corrected chi connectivity index (χ4v) is 3.55. The lowest BCUT2D eigenvalue weighted by Gasteiger charge is -2.26. The van der Waals surface area contributed by atoms with Crippen LogP contribution in [0.2, 0.25) is 0 Å². The molecule has 1 aliphatic heterocycles. The summed E-state index contributed by atoms with van der Waals surface area (Å²) in [6, 6.07) is 3.74. The second-order valence-electron chi connectivity index (χ2n) is 6.05. The van der Waals surface area contributed by atoms with Gasteiger partial charge in [-0.15, -0.1) is 11.3 Å². The third kappa shape index (κ3) is 2.79. The molecule has 0 aromatic carbocycles. The first kappa shape index (κ1) is 17.1. The predicted molar refractivity (Wildman–Crippen MR) is 94.7 cm³/mol. The molecule has 0 unspecified atom stereocenters. The molecule has 2 aromatic rings. The molecule has 3 rings (SSSR count). The molecule has 2 amide bonds. The van der Waals surface area contributed by atoms with E-state index in [2.05, 4.69) is 4.98 Å². The van der Waals surface area contributed by atoms with Crippen molar-refractivity contribution in [3.05, 3.63) is 33.6 Å². The summed E-state index contributed by atoms with van der Waals surface area (Å²) in [6.45, 7) is 7.57. The highest BCUT2D eigenvalue weighted by Gasteiger charge is 2.34. The maximum Gasteiger partial charge on any atom is 0.271 e. The van der Waals surface area contributed by atoms with Crippen LogP contribution in [-0.2, 0) is 9.59 Å². The van der Waals surface area contributed by atoms with E-state index in [4.69, 9.17) is 4.42 Å². The van der Waals surface area contributed by atoms with Gasteiger partial charge in [0.25, 0.3) is 11.8 Å². The number of oxazole rings is 1. The zero-order chi connectivity index (χ0) is 18.3. The van der Waals surface area contributed by atoms with Crippen molar-refractivity contribution in [2.45, 2.75) is 33.6 Å². The van der Waals surface area contributed by atoms with E-state index in [0.717, 1.165) is 14.6 Å². The number of nitrogens with zero attached hydrogens (tertiary/aromatic N) is 3. The van der Waals surface area contributed by atoms with E-state index in [1.54, 1.807) is 19.9 Å². The molecule has 7 heteroatoms. The molecule has 1 aliphatic rings. The summed E-state index contributed by atoms with van der Waals surface area (Å²) < 4.78 is 5.71. The van der Waals surface area contributed by atoms with Gasteiger partial charge in [-0.05, 0) is 25.5 Å². The van der Waals surface area contributed by atoms with E-state index in [9.17, 15) is 14.9 Å². The van der Waals surface area contributed by atoms with E-state index in [0.29, 0.717) is 22.6 Å². The van der Waals surface area contributed by atoms with Crippen LogP contribution in [0.5, 0.6) is 0 Å². The minimum atomic E-state index is -0.534. The van der Waals surface area contributed by atoms with Crippen molar-refractivity contribution in [3.8, 4) is 6.07 Å². The topological polar surface area (TPSA) is 87.2 Å². The van der Waals surface area contributed by atoms with Gasteiger partial charge in [0.2, 0.25) is 0 Å². The van der Waals surface area contributed by atoms with E-state index < -0.39 is 5.91 Å². The van der Waals surface area contributed by atoms with Gasteiger partial charge in [-0.1, -0.05) is 13.8 Å². The lowest BCUT2D eigenvalue weighted by molar-refractivity contribution is -0.140. The Morgan fingerprint density at radius 1 is 1.40 bits per heavy atom. The molecule has 0 spiro atoms. The molecule has 0 bridgehead atoms. The third-order valence-electron chi connectivity index (χ3n) is 4.05. The Labute approximate surface area is 149 Å². The Bertz CT molecular complexity index is 954. The number of hydrogen-bond donors (Lipinski definition) is 0. The molecule has 0 radical (unpaired) electrons. The highest BCUT2D eigenvalue weighted by molar-refractivity contribution is 7.19. The number of thiophene rings is 1. The lowest BCUT2D eigenvalue weighted by Crippen LogP contribution is -2.42. The number of aromatic nitrogens is 1. The Hall–Kier alpha value is -2.72. The average Bonchev–Trinajstić information content (AvgIpc) is 3.11. The quantitative estimate of drug-likeness (QED) is 0.620.